The number of methoxy groups -OCH3 is 2. The lowest BCUT2D eigenvalue weighted by molar-refractivity contribution is -0.120. The maximum atomic E-state index is 13.1. The normalized spacial score (nSPS) is 15.7. The molecule has 0 saturated heterocycles. The molecule has 0 saturated carbocycles. The van der Waals surface area contributed by atoms with Crippen LogP contribution < -0.4 is 9.46 Å². The van der Waals surface area contributed by atoms with E-state index >= 15 is 0 Å². The number of benzene rings is 3. The summed E-state index contributed by atoms with van der Waals surface area (Å²) in [4.78, 5) is 13.2. The van der Waals surface area contributed by atoms with Crippen LogP contribution in [0.1, 0.15) is 29.0 Å². The molecule has 4 rings (SSSR count). The quantitative estimate of drug-likeness (QED) is 0.653. The molecule has 1 N–H and O–H groups in total. The van der Waals surface area contributed by atoms with Crippen molar-refractivity contribution in [2.45, 2.75) is 30.3 Å². The van der Waals surface area contributed by atoms with E-state index in [1.54, 1.807) is 38.5 Å². The van der Waals surface area contributed by atoms with Crippen LogP contribution in [0.25, 0.3) is 10.8 Å². The van der Waals surface area contributed by atoms with Gasteiger partial charge >= 0.3 is 0 Å². The third-order valence-electron chi connectivity index (χ3n) is 5.56. The number of carbonyl (C=O) groups is 1. The minimum atomic E-state index is -4.03. The van der Waals surface area contributed by atoms with Gasteiger partial charge in [-0.2, -0.15) is 0 Å². The van der Waals surface area contributed by atoms with Crippen molar-refractivity contribution in [1.29, 1.82) is 0 Å². The third-order valence-corrected chi connectivity index (χ3v) is 6.96. The molecular weight excluding hydrogens is 402 g/mol. The lowest BCUT2D eigenvalue weighted by Gasteiger charge is -2.17. The highest BCUT2D eigenvalue weighted by Gasteiger charge is 2.35. The van der Waals surface area contributed by atoms with E-state index in [-0.39, 0.29) is 4.90 Å². The van der Waals surface area contributed by atoms with E-state index in [1.807, 2.05) is 24.3 Å². The second kappa shape index (κ2) is 8.08. The Labute approximate surface area is 175 Å². The van der Waals surface area contributed by atoms with E-state index in [0.29, 0.717) is 30.6 Å². The van der Waals surface area contributed by atoms with Crippen molar-refractivity contribution >= 4 is 26.7 Å². The summed E-state index contributed by atoms with van der Waals surface area (Å²) < 4.78 is 39.2. The van der Waals surface area contributed by atoms with E-state index in [9.17, 15) is 13.2 Å². The summed E-state index contributed by atoms with van der Waals surface area (Å²) in [6.07, 6.45) is 1.18. The Morgan fingerprint density at radius 3 is 2.60 bits per heavy atom. The van der Waals surface area contributed by atoms with Crippen molar-refractivity contribution in [2.75, 3.05) is 14.2 Å². The van der Waals surface area contributed by atoms with Crippen molar-refractivity contribution < 1.29 is 22.7 Å². The zero-order chi connectivity index (χ0) is 21.3. The average Bonchev–Trinajstić information content (AvgIpc) is 3.19. The first-order chi connectivity index (χ1) is 14.5. The summed E-state index contributed by atoms with van der Waals surface area (Å²) in [5, 5.41) is 1.37. The molecule has 3 aromatic carbocycles. The van der Waals surface area contributed by atoms with Gasteiger partial charge in [0.15, 0.2) is 0 Å². The number of nitrogens with one attached hydrogen (secondary N) is 1. The zero-order valence-corrected chi connectivity index (χ0v) is 17.7. The Bertz CT molecular complexity index is 1210. The summed E-state index contributed by atoms with van der Waals surface area (Å²) in [7, 11) is -0.866. The molecule has 156 valence electrons. The summed E-state index contributed by atoms with van der Waals surface area (Å²) in [5.74, 6) is -0.559. The molecule has 0 aromatic heterocycles. The Hall–Kier alpha value is -2.90. The molecule has 1 aliphatic carbocycles. The summed E-state index contributed by atoms with van der Waals surface area (Å²) in [6.45, 7) is 0.426. The minimum absolute atomic E-state index is 0.0901. The predicted octanol–water partition coefficient (Wildman–Crippen LogP) is 3.53. The molecule has 0 bridgehead atoms. The monoisotopic (exact) mass is 425 g/mol. The molecule has 1 atom stereocenters. The summed E-state index contributed by atoms with van der Waals surface area (Å²) >= 11 is 0. The van der Waals surface area contributed by atoms with Crippen LogP contribution in [-0.2, 0) is 32.6 Å². The highest BCUT2D eigenvalue weighted by atomic mass is 32.2. The molecular formula is C23H23NO5S. The lowest BCUT2D eigenvalue weighted by Crippen LogP contribution is -2.34. The molecule has 0 radical (unpaired) electrons. The first-order valence-electron chi connectivity index (χ1n) is 9.68. The van der Waals surface area contributed by atoms with Gasteiger partial charge in [0.05, 0.1) is 24.5 Å². The molecule has 1 aliphatic rings. The van der Waals surface area contributed by atoms with E-state index in [4.69, 9.17) is 9.47 Å². The highest BCUT2D eigenvalue weighted by Crippen LogP contribution is 2.42. The number of ether oxygens (including phenoxy) is 2. The van der Waals surface area contributed by atoms with Crippen LogP contribution in [0.4, 0.5) is 0 Å². The molecule has 0 spiro atoms. The number of hydrogen-bond donors (Lipinski definition) is 1. The number of carbonyl (C=O) groups excluding carboxylic acids is 1. The van der Waals surface area contributed by atoms with Gasteiger partial charge in [0, 0.05) is 18.1 Å². The van der Waals surface area contributed by atoms with E-state index in [0.717, 1.165) is 22.1 Å². The van der Waals surface area contributed by atoms with Gasteiger partial charge in [0.2, 0.25) is 5.91 Å². The van der Waals surface area contributed by atoms with Crippen molar-refractivity contribution in [3.8, 4) is 5.75 Å². The average molecular weight is 426 g/mol. The van der Waals surface area contributed by atoms with Gasteiger partial charge in [-0.1, -0.05) is 42.5 Å². The Morgan fingerprint density at radius 1 is 1.07 bits per heavy atom. The maximum Gasteiger partial charge on any atom is 0.264 e. The second-order valence-electron chi connectivity index (χ2n) is 7.29. The van der Waals surface area contributed by atoms with Crippen molar-refractivity contribution in [3.63, 3.8) is 0 Å². The van der Waals surface area contributed by atoms with E-state index in [2.05, 4.69) is 4.72 Å². The van der Waals surface area contributed by atoms with Crippen molar-refractivity contribution in [2.24, 2.45) is 0 Å². The Kier molecular flexibility index (Phi) is 5.49. The number of rotatable bonds is 6. The number of fused-ring (bicyclic) bond motifs is 2. The molecule has 30 heavy (non-hydrogen) atoms. The van der Waals surface area contributed by atoms with Crippen LogP contribution >= 0.6 is 0 Å². The smallest absolute Gasteiger partial charge is 0.264 e. The number of sulfonamides is 1. The van der Waals surface area contributed by atoms with Gasteiger partial charge < -0.3 is 9.47 Å². The molecule has 0 fully saturated rings. The standard InChI is InChI=1S/C23H23NO5S/c1-28-14-16-10-13-20(29-2)22-18(16)11-12-19(22)23(25)24-30(26,27)21-9-5-7-15-6-3-4-8-17(15)21/h3-10,13,19H,11-12,14H2,1-2H3,(H,24,25). The van der Waals surface area contributed by atoms with E-state index in [1.165, 1.54) is 6.07 Å². The Morgan fingerprint density at radius 2 is 1.83 bits per heavy atom. The van der Waals surface area contributed by atoms with Crippen LogP contribution in [0.15, 0.2) is 59.5 Å². The third kappa shape index (κ3) is 3.55. The fourth-order valence-corrected chi connectivity index (χ4v) is 5.47. The molecule has 7 heteroatoms. The van der Waals surface area contributed by atoms with Crippen LogP contribution in [0.5, 0.6) is 5.75 Å². The molecule has 0 aliphatic heterocycles. The van der Waals surface area contributed by atoms with Gasteiger partial charge in [-0.15, -0.1) is 0 Å². The number of amides is 1. The first-order valence-corrected chi connectivity index (χ1v) is 11.2. The van der Waals surface area contributed by atoms with Crippen LogP contribution in [0, 0.1) is 0 Å². The Balaban J connectivity index is 1.68. The largest absolute Gasteiger partial charge is 0.496 e. The van der Waals surface area contributed by atoms with E-state index < -0.39 is 21.8 Å². The fourth-order valence-electron chi connectivity index (χ4n) is 4.22. The summed E-state index contributed by atoms with van der Waals surface area (Å²) in [6, 6.07) is 15.9. The van der Waals surface area contributed by atoms with Gasteiger partial charge in [0.1, 0.15) is 5.75 Å². The van der Waals surface area contributed by atoms with Crippen LogP contribution in [0.3, 0.4) is 0 Å². The van der Waals surface area contributed by atoms with Crippen LogP contribution in [0.2, 0.25) is 0 Å². The molecule has 1 unspecified atom stereocenters. The minimum Gasteiger partial charge on any atom is -0.496 e. The lowest BCUT2D eigenvalue weighted by atomic mass is 9.97. The van der Waals surface area contributed by atoms with Crippen LogP contribution in [-0.4, -0.2) is 28.5 Å². The highest BCUT2D eigenvalue weighted by molar-refractivity contribution is 7.90. The van der Waals surface area contributed by atoms with Gasteiger partial charge in [-0.25, -0.2) is 13.1 Å². The molecule has 3 aromatic rings. The first kappa shape index (κ1) is 20.4. The van der Waals surface area contributed by atoms with Gasteiger partial charge in [0.25, 0.3) is 10.0 Å². The molecule has 1 amide bonds. The second-order valence-corrected chi connectivity index (χ2v) is 8.94. The fraction of sp³-hybridized carbons (Fsp3) is 0.261. The van der Waals surface area contributed by atoms with Crippen molar-refractivity contribution in [1.82, 2.24) is 4.72 Å². The van der Waals surface area contributed by atoms with Gasteiger partial charge in [-0.3, -0.25) is 4.79 Å². The summed E-state index contributed by atoms with van der Waals surface area (Å²) in [5.41, 5.74) is 2.73. The molecule has 0 heterocycles. The number of hydrogen-bond acceptors (Lipinski definition) is 5. The van der Waals surface area contributed by atoms with Gasteiger partial charge in [-0.05, 0) is 41.5 Å². The zero-order valence-electron chi connectivity index (χ0n) is 16.8. The molecule has 6 nitrogen and oxygen atoms in total. The maximum absolute atomic E-state index is 13.1. The van der Waals surface area contributed by atoms with Crippen molar-refractivity contribution in [3.05, 3.63) is 71.3 Å². The SMILES string of the molecule is COCc1ccc(OC)c2c1CCC2C(=O)NS(=O)(=O)c1cccc2ccccc12. The topological polar surface area (TPSA) is 81.7 Å². The predicted molar refractivity (Wildman–Crippen MR) is 114 cm³/mol.